The van der Waals surface area contributed by atoms with Gasteiger partial charge in [-0.25, -0.2) is 4.99 Å². The van der Waals surface area contributed by atoms with Crippen LogP contribution in [0, 0.1) is 6.92 Å². The van der Waals surface area contributed by atoms with Crippen LogP contribution in [0.4, 0.5) is 5.69 Å². The minimum atomic E-state index is 0.691. The first-order valence-electron chi connectivity index (χ1n) is 12.1. The predicted molar refractivity (Wildman–Crippen MR) is 156 cm³/mol. The van der Waals surface area contributed by atoms with Crippen molar-refractivity contribution >= 4 is 34.2 Å². The highest BCUT2D eigenvalue weighted by atomic mass is 35.5. The Morgan fingerprint density at radius 1 is 0.757 bits per heavy atom. The van der Waals surface area contributed by atoms with Gasteiger partial charge in [0.25, 0.3) is 0 Å². The van der Waals surface area contributed by atoms with Crippen LogP contribution in [0.3, 0.4) is 0 Å². The highest BCUT2D eigenvalue weighted by Gasteiger charge is 2.16. The summed E-state index contributed by atoms with van der Waals surface area (Å²) in [5.41, 5.74) is 5.46. The molecule has 0 aliphatic rings. The van der Waals surface area contributed by atoms with Gasteiger partial charge in [0.05, 0.1) is 19.9 Å². The van der Waals surface area contributed by atoms with Gasteiger partial charge >= 0.3 is 0 Å². The van der Waals surface area contributed by atoms with Gasteiger partial charge in [0.1, 0.15) is 11.5 Å². The lowest BCUT2D eigenvalue weighted by molar-refractivity contribution is 0.405. The molecule has 4 rings (SSSR count). The molecule has 0 spiro atoms. The molecule has 0 aliphatic heterocycles. The number of halogens is 1. The van der Waals surface area contributed by atoms with Gasteiger partial charge < -0.3 is 14.4 Å². The number of rotatable bonds is 9. The van der Waals surface area contributed by atoms with Crippen LogP contribution in [-0.4, -0.2) is 24.3 Å². The zero-order valence-electron chi connectivity index (χ0n) is 21.4. The third-order valence-corrected chi connectivity index (χ3v) is 7.42. The van der Waals surface area contributed by atoms with E-state index in [1.54, 1.807) is 26.0 Å². The molecule has 4 aromatic rings. The smallest absolute Gasteiger partial charge is 0.165 e. The first-order chi connectivity index (χ1) is 18.0. The molecule has 0 unspecified atom stereocenters. The second-order valence-electron chi connectivity index (χ2n) is 8.65. The number of benzene rings is 4. The second-order valence-corrected chi connectivity index (χ2v) is 10.0. The maximum absolute atomic E-state index is 6.45. The fourth-order valence-corrected chi connectivity index (χ4v) is 4.92. The number of methoxy groups -OCH3 is 2. The van der Waals surface area contributed by atoms with Gasteiger partial charge in [-0.05, 0) is 65.6 Å². The molecule has 4 nitrogen and oxygen atoms in total. The van der Waals surface area contributed by atoms with E-state index in [4.69, 9.17) is 26.1 Å². The summed E-state index contributed by atoms with van der Waals surface area (Å²) in [6.07, 6.45) is 0. The number of thioether (sulfide) groups is 1. The van der Waals surface area contributed by atoms with Crippen molar-refractivity contribution in [2.45, 2.75) is 25.8 Å². The van der Waals surface area contributed by atoms with Gasteiger partial charge in [0, 0.05) is 23.9 Å². The molecule has 37 heavy (non-hydrogen) atoms. The minimum Gasteiger partial charge on any atom is -0.497 e. The number of hydrogen-bond donors (Lipinski definition) is 0. The van der Waals surface area contributed by atoms with Gasteiger partial charge in [0.2, 0.25) is 0 Å². The van der Waals surface area contributed by atoms with Crippen molar-refractivity contribution in [3.05, 3.63) is 124 Å². The summed E-state index contributed by atoms with van der Waals surface area (Å²) in [5.74, 6) is 2.49. The summed E-state index contributed by atoms with van der Waals surface area (Å²) in [6, 6.07) is 32.8. The highest BCUT2D eigenvalue weighted by molar-refractivity contribution is 8.13. The molecule has 4 aromatic carbocycles. The van der Waals surface area contributed by atoms with Crippen LogP contribution < -0.4 is 9.47 Å². The molecular formula is C31H31ClN2O2S. The number of hydrogen-bond acceptors (Lipinski definition) is 4. The largest absolute Gasteiger partial charge is 0.497 e. The Balaban J connectivity index is 1.70. The lowest BCUT2D eigenvalue weighted by atomic mass is 10.1. The number of amidine groups is 1. The fraction of sp³-hybridized carbons (Fsp3) is 0.194. The number of ether oxygens (including phenoxy) is 2. The summed E-state index contributed by atoms with van der Waals surface area (Å²) in [7, 11) is 3.37. The van der Waals surface area contributed by atoms with Gasteiger partial charge in [-0.1, -0.05) is 84.0 Å². The maximum atomic E-state index is 6.45. The van der Waals surface area contributed by atoms with Crippen LogP contribution in [0.2, 0.25) is 5.02 Å². The first-order valence-corrected chi connectivity index (χ1v) is 13.4. The van der Waals surface area contributed by atoms with Crippen LogP contribution >= 0.6 is 23.4 Å². The summed E-state index contributed by atoms with van der Waals surface area (Å²) < 4.78 is 10.7. The Morgan fingerprint density at radius 2 is 1.32 bits per heavy atom. The Morgan fingerprint density at radius 3 is 1.84 bits per heavy atom. The molecule has 0 aromatic heterocycles. The van der Waals surface area contributed by atoms with Crippen LogP contribution in [0.1, 0.15) is 22.3 Å². The average Bonchev–Trinajstić information content (AvgIpc) is 2.94. The molecule has 6 heteroatoms. The quantitative estimate of drug-likeness (QED) is 0.161. The predicted octanol–water partition coefficient (Wildman–Crippen LogP) is 8.29. The third-order valence-electron chi connectivity index (χ3n) is 5.93. The van der Waals surface area contributed by atoms with Crippen molar-refractivity contribution in [1.29, 1.82) is 0 Å². The summed E-state index contributed by atoms with van der Waals surface area (Å²) >= 11 is 8.18. The van der Waals surface area contributed by atoms with E-state index in [-0.39, 0.29) is 0 Å². The molecule has 0 radical (unpaired) electrons. The Hall–Kier alpha value is -3.41. The number of nitrogens with zero attached hydrogens (tertiary/aromatic N) is 2. The molecule has 0 N–H and O–H groups in total. The third kappa shape index (κ3) is 7.78. The normalized spacial score (nSPS) is 11.3. The summed E-state index contributed by atoms with van der Waals surface area (Å²) in [5, 5.41) is 1.64. The van der Waals surface area contributed by atoms with Crippen molar-refractivity contribution in [3.8, 4) is 11.5 Å². The number of aliphatic imine (C=N–C) groups is 1. The van der Waals surface area contributed by atoms with E-state index in [0.717, 1.165) is 33.7 Å². The first kappa shape index (κ1) is 26.6. The van der Waals surface area contributed by atoms with Crippen LogP contribution in [0.25, 0.3) is 0 Å². The minimum absolute atomic E-state index is 0.691. The van der Waals surface area contributed by atoms with Crippen molar-refractivity contribution < 1.29 is 9.47 Å². The van der Waals surface area contributed by atoms with Crippen molar-refractivity contribution in [3.63, 3.8) is 0 Å². The molecule has 0 atom stereocenters. The lowest BCUT2D eigenvalue weighted by Gasteiger charge is -2.26. The standard InChI is InChI=1S/C31H31ClN2O2S/c1-23-9-14-27(19-30(23)32)33-31(37-22-26-7-5-4-6-8-26)34(20-24-10-15-28(35-2)16-11-24)21-25-12-17-29(36-3)18-13-25/h4-19H,20-22H2,1-3H3. The monoisotopic (exact) mass is 530 g/mol. The maximum Gasteiger partial charge on any atom is 0.165 e. The molecule has 0 saturated heterocycles. The molecule has 0 saturated carbocycles. The second kappa shape index (κ2) is 13.2. The average molecular weight is 531 g/mol. The molecule has 190 valence electrons. The molecule has 0 heterocycles. The van der Waals surface area contributed by atoms with E-state index >= 15 is 0 Å². The topological polar surface area (TPSA) is 34.1 Å². The molecule has 0 amide bonds. The van der Waals surface area contributed by atoms with Gasteiger partial charge in [0.15, 0.2) is 5.17 Å². The van der Waals surface area contributed by atoms with E-state index < -0.39 is 0 Å². The van der Waals surface area contributed by atoms with E-state index in [1.807, 2.05) is 55.5 Å². The molecule has 0 bridgehead atoms. The van der Waals surface area contributed by atoms with Gasteiger partial charge in [-0.15, -0.1) is 0 Å². The van der Waals surface area contributed by atoms with E-state index in [2.05, 4.69) is 53.4 Å². The fourth-order valence-electron chi connectivity index (χ4n) is 3.77. The summed E-state index contributed by atoms with van der Waals surface area (Å²) in [6.45, 7) is 3.38. The Bertz CT molecular complexity index is 1260. The zero-order valence-corrected chi connectivity index (χ0v) is 22.9. The SMILES string of the molecule is COc1ccc(CN(Cc2ccc(OC)cc2)C(=Nc2ccc(C)c(Cl)c2)SCc2ccccc2)cc1. The highest BCUT2D eigenvalue weighted by Crippen LogP contribution is 2.28. The van der Waals surface area contributed by atoms with Crippen LogP contribution in [0.5, 0.6) is 11.5 Å². The van der Waals surface area contributed by atoms with E-state index in [9.17, 15) is 0 Å². The molecular weight excluding hydrogens is 500 g/mol. The molecule has 0 fully saturated rings. The van der Waals surface area contributed by atoms with Crippen LogP contribution in [0.15, 0.2) is 102 Å². The van der Waals surface area contributed by atoms with Crippen molar-refractivity contribution in [1.82, 2.24) is 4.90 Å². The van der Waals surface area contributed by atoms with E-state index in [0.29, 0.717) is 18.1 Å². The van der Waals surface area contributed by atoms with E-state index in [1.165, 1.54) is 16.7 Å². The Kier molecular flexibility index (Phi) is 9.52. The Labute approximate surface area is 228 Å². The molecule has 0 aliphatic carbocycles. The lowest BCUT2D eigenvalue weighted by Crippen LogP contribution is -2.28. The van der Waals surface area contributed by atoms with Gasteiger partial charge in [-0.3, -0.25) is 0 Å². The van der Waals surface area contributed by atoms with Crippen molar-refractivity contribution in [2.24, 2.45) is 4.99 Å². The van der Waals surface area contributed by atoms with Crippen molar-refractivity contribution in [2.75, 3.05) is 14.2 Å². The van der Waals surface area contributed by atoms with Crippen LogP contribution in [-0.2, 0) is 18.8 Å². The zero-order chi connectivity index (χ0) is 26.0. The number of aryl methyl sites for hydroxylation is 1. The van der Waals surface area contributed by atoms with Gasteiger partial charge in [-0.2, -0.15) is 0 Å². The summed E-state index contributed by atoms with van der Waals surface area (Å²) in [4.78, 5) is 7.42.